The third kappa shape index (κ3) is 22.2. The fourth-order valence-corrected chi connectivity index (χ4v) is 3.47. The number of hydrogen-bond donors (Lipinski definition) is 3. The normalized spacial score (nSPS) is 17.1. The summed E-state index contributed by atoms with van der Waals surface area (Å²) in [6, 6.07) is -0.622. The molecular formula is C30H59N3O7. The summed E-state index contributed by atoms with van der Waals surface area (Å²) in [5.74, 6) is -0.767. The van der Waals surface area contributed by atoms with Crippen molar-refractivity contribution in [1.82, 2.24) is 15.5 Å². The summed E-state index contributed by atoms with van der Waals surface area (Å²) >= 11 is 0. The fraction of sp³-hybridized carbons (Fsp3) is 0.800. The predicted octanol–water partition coefficient (Wildman–Crippen LogP) is 4.98. The number of amides is 3. The molecule has 0 aromatic carbocycles. The Kier molecular flexibility index (Phi) is 26.5. The van der Waals surface area contributed by atoms with Crippen molar-refractivity contribution in [3.05, 3.63) is 12.7 Å². The van der Waals surface area contributed by atoms with Crippen molar-refractivity contribution in [2.24, 2.45) is 5.92 Å². The van der Waals surface area contributed by atoms with E-state index in [1.807, 2.05) is 20.8 Å². The zero-order chi connectivity index (χ0) is 31.7. The van der Waals surface area contributed by atoms with Crippen LogP contribution in [0.25, 0.3) is 0 Å². The minimum Gasteiger partial charge on any atom is -0.464 e. The predicted molar refractivity (Wildman–Crippen MR) is 161 cm³/mol. The monoisotopic (exact) mass is 573 g/mol. The summed E-state index contributed by atoms with van der Waals surface area (Å²) in [5, 5.41) is 14.3. The maximum Gasteiger partial charge on any atom is 0.408 e. The molecule has 4 unspecified atom stereocenters. The maximum atomic E-state index is 11.8. The van der Waals surface area contributed by atoms with Crippen molar-refractivity contribution in [3.63, 3.8) is 0 Å². The van der Waals surface area contributed by atoms with Gasteiger partial charge >= 0.3 is 12.1 Å². The Morgan fingerprint density at radius 2 is 1.65 bits per heavy atom. The lowest BCUT2D eigenvalue weighted by Gasteiger charge is -2.23. The van der Waals surface area contributed by atoms with E-state index in [0.29, 0.717) is 26.0 Å². The summed E-state index contributed by atoms with van der Waals surface area (Å²) in [5.41, 5.74) is -0.579. The van der Waals surface area contributed by atoms with E-state index in [9.17, 15) is 24.3 Å². The molecule has 1 heterocycles. The highest BCUT2D eigenvalue weighted by Gasteiger charge is 2.31. The van der Waals surface area contributed by atoms with Crippen molar-refractivity contribution in [2.45, 2.75) is 132 Å². The van der Waals surface area contributed by atoms with Crippen LogP contribution in [0.4, 0.5) is 4.79 Å². The first kappa shape index (κ1) is 41.9. The van der Waals surface area contributed by atoms with E-state index in [1.54, 1.807) is 45.6 Å². The van der Waals surface area contributed by atoms with Crippen LogP contribution in [0.1, 0.15) is 108 Å². The van der Waals surface area contributed by atoms with E-state index < -0.39 is 29.8 Å². The fourth-order valence-electron chi connectivity index (χ4n) is 3.47. The van der Waals surface area contributed by atoms with Crippen LogP contribution in [-0.4, -0.2) is 77.9 Å². The van der Waals surface area contributed by atoms with Gasteiger partial charge in [0.2, 0.25) is 12.3 Å². The first-order valence-corrected chi connectivity index (χ1v) is 14.7. The maximum absolute atomic E-state index is 11.8. The Bertz CT molecular complexity index is 691. The van der Waals surface area contributed by atoms with Crippen molar-refractivity contribution < 1.29 is 33.8 Å². The second kappa shape index (κ2) is 25.4. The molecule has 0 radical (unpaired) electrons. The first-order chi connectivity index (χ1) is 18.8. The first-order valence-electron chi connectivity index (χ1n) is 14.7. The molecule has 3 amide bonds. The van der Waals surface area contributed by atoms with Gasteiger partial charge in [-0.2, -0.15) is 0 Å². The Morgan fingerprint density at radius 3 is 2.02 bits per heavy atom. The molecule has 10 nitrogen and oxygen atoms in total. The molecule has 0 aromatic rings. The smallest absolute Gasteiger partial charge is 0.408 e. The number of alkyl carbamates (subject to hydrolysis) is 1. The zero-order valence-corrected chi connectivity index (χ0v) is 26.9. The standard InChI is InChI=1S/C12H22N2O4.C9H15NO3.C7H16.C2H6/c1-8-5-9(15)7-14(8)10(16)6-13-11(17)18-12(2,3)4;1-4-7(3)8(10-6-11)9(12)13-5-2;1-3-5-7-6-4-2;1-2/h8-9,15H,5-7H2,1-4H3,(H,13,17);4,6-8H,1,5H2,2-3H3,(H,10,11);3-7H2,1-2H3;1-2H3. The number of β-amino-alcohol motifs (C(OH)–C–C–N with tert-alkyl or cyclic N) is 1. The molecule has 0 bridgehead atoms. The molecule has 1 aliphatic rings. The molecule has 1 aliphatic heterocycles. The molecule has 0 aliphatic carbocycles. The highest BCUT2D eigenvalue weighted by Crippen LogP contribution is 2.17. The van der Waals surface area contributed by atoms with Crippen LogP contribution in [0, 0.1) is 5.92 Å². The largest absolute Gasteiger partial charge is 0.464 e. The Labute approximate surface area is 243 Å². The number of carbonyl (C=O) groups excluding carboxylic acids is 4. The van der Waals surface area contributed by atoms with Gasteiger partial charge in [-0.15, -0.1) is 6.58 Å². The molecule has 0 spiro atoms. The molecule has 236 valence electrons. The summed E-state index contributed by atoms with van der Waals surface area (Å²) in [7, 11) is 0. The van der Waals surface area contributed by atoms with Gasteiger partial charge in [-0.3, -0.25) is 9.59 Å². The van der Waals surface area contributed by atoms with Crippen LogP contribution >= 0.6 is 0 Å². The molecule has 0 aromatic heterocycles. The summed E-state index contributed by atoms with van der Waals surface area (Å²) in [4.78, 5) is 46.2. The molecule has 3 N–H and O–H groups in total. The number of esters is 1. The molecule has 40 heavy (non-hydrogen) atoms. The van der Waals surface area contributed by atoms with Gasteiger partial charge in [0, 0.05) is 18.5 Å². The number of likely N-dealkylation sites (tertiary alicyclic amines) is 1. The van der Waals surface area contributed by atoms with Gasteiger partial charge < -0.3 is 30.1 Å². The van der Waals surface area contributed by atoms with Crippen LogP contribution in [0.2, 0.25) is 0 Å². The van der Waals surface area contributed by atoms with Crippen molar-refractivity contribution in [1.29, 1.82) is 0 Å². The number of nitrogens with zero attached hydrogens (tertiary/aromatic N) is 1. The third-order valence-corrected chi connectivity index (χ3v) is 5.55. The highest BCUT2D eigenvalue weighted by atomic mass is 16.6. The summed E-state index contributed by atoms with van der Waals surface area (Å²) in [6.07, 6.45) is 8.60. The zero-order valence-electron chi connectivity index (χ0n) is 26.9. The van der Waals surface area contributed by atoms with Crippen molar-refractivity contribution in [3.8, 4) is 0 Å². The van der Waals surface area contributed by atoms with Gasteiger partial charge in [0.15, 0.2) is 0 Å². The van der Waals surface area contributed by atoms with Crippen LogP contribution in [-0.2, 0) is 23.9 Å². The number of aliphatic hydroxyl groups is 1. The lowest BCUT2D eigenvalue weighted by atomic mass is 10.0. The van der Waals surface area contributed by atoms with Crippen LogP contribution in [0.15, 0.2) is 12.7 Å². The number of hydrogen-bond acceptors (Lipinski definition) is 7. The summed E-state index contributed by atoms with van der Waals surface area (Å²) < 4.78 is 9.80. The van der Waals surface area contributed by atoms with Gasteiger partial charge in [-0.25, -0.2) is 9.59 Å². The summed E-state index contributed by atoms with van der Waals surface area (Å²) in [6.45, 7) is 23.2. The lowest BCUT2D eigenvalue weighted by Crippen LogP contribution is -2.43. The molecule has 1 saturated heterocycles. The SMILES string of the molecule is C=CC(C)C(NC=O)C(=O)OCC.CC.CC1CC(O)CN1C(=O)CNC(=O)OC(C)(C)C.CCCCCCC. The van der Waals surface area contributed by atoms with Gasteiger partial charge in [0.1, 0.15) is 18.2 Å². The molecule has 1 fully saturated rings. The van der Waals surface area contributed by atoms with Crippen LogP contribution in [0.5, 0.6) is 0 Å². The average molecular weight is 574 g/mol. The molecule has 4 atom stereocenters. The van der Waals surface area contributed by atoms with E-state index >= 15 is 0 Å². The van der Waals surface area contributed by atoms with E-state index in [0.717, 1.165) is 0 Å². The second-order valence-corrected chi connectivity index (χ2v) is 10.3. The van der Waals surface area contributed by atoms with E-state index in [4.69, 9.17) is 9.47 Å². The van der Waals surface area contributed by atoms with Gasteiger partial charge in [0.25, 0.3) is 0 Å². The van der Waals surface area contributed by atoms with Crippen LogP contribution < -0.4 is 10.6 Å². The van der Waals surface area contributed by atoms with E-state index in [2.05, 4.69) is 31.1 Å². The minimum atomic E-state index is -0.630. The molecule has 10 heteroatoms. The number of aliphatic hydroxyl groups excluding tert-OH is 1. The molecule has 0 saturated carbocycles. The Hall–Kier alpha value is -2.62. The topological polar surface area (TPSA) is 134 Å². The van der Waals surface area contributed by atoms with E-state index in [-0.39, 0.29) is 24.4 Å². The van der Waals surface area contributed by atoms with Gasteiger partial charge in [0.05, 0.1) is 12.7 Å². The van der Waals surface area contributed by atoms with Gasteiger partial charge in [-0.05, 0) is 41.0 Å². The lowest BCUT2D eigenvalue weighted by molar-refractivity contribution is -0.147. The number of ether oxygens (including phenoxy) is 2. The number of nitrogens with one attached hydrogen (secondary N) is 2. The van der Waals surface area contributed by atoms with Gasteiger partial charge in [-0.1, -0.05) is 72.8 Å². The van der Waals surface area contributed by atoms with E-state index in [1.165, 1.54) is 32.1 Å². The van der Waals surface area contributed by atoms with Crippen LogP contribution in [0.3, 0.4) is 0 Å². The number of rotatable bonds is 12. The highest BCUT2D eigenvalue weighted by molar-refractivity contribution is 5.82. The number of unbranched alkanes of at least 4 members (excludes halogenated alkanes) is 4. The molecule has 1 rings (SSSR count). The Balaban J connectivity index is -0.000000544. The Morgan fingerprint density at radius 1 is 1.10 bits per heavy atom. The third-order valence-electron chi connectivity index (χ3n) is 5.55. The number of carbonyl (C=O) groups is 4. The quantitative estimate of drug-likeness (QED) is 0.130. The minimum absolute atomic E-state index is 0.00735. The van der Waals surface area contributed by atoms with Crippen molar-refractivity contribution >= 4 is 24.4 Å². The second-order valence-electron chi connectivity index (χ2n) is 10.3. The van der Waals surface area contributed by atoms with Crippen molar-refractivity contribution in [2.75, 3.05) is 19.7 Å². The average Bonchev–Trinajstić information content (AvgIpc) is 3.24. The molecular weight excluding hydrogens is 514 g/mol.